The Balaban J connectivity index is 2.29. The van der Waals surface area contributed by atoms with Gasteiger partial charge < -0.3 is 10.1 Å². The van der Waals surface area contributed by atoms with E-state index in [0.717, 1.165) is 34.9 Å². The standard InChI is InChI=1S/C19H22BrNO3S/c1-3-5-6-7-16(22)21-18-17(19(23)24-4-2)15(12-25-18)13-8-10-14(20)11-9-13/h8-12H,3-7H2,1-2H3,(H,21,22). The molecule has 1 N–H and O–H groups in total. The fourth-order valence-corrected chi connectivity index (χ4v) is 3.66. The fourth-order valence-electron chi connectivity index (χ4n) is 2.42. The second-order valence-electron chi connectivity index (χ2n) is 5.59. The molecule has 0 aliphatic rings. The highest BCUT2D eigenvalue weighted by Crippen LogP contribution is 2.36. The number of rotatable bonds is 8. The first-order valence-electron chi connectivity index (χ1n) is 8.41. The van der Waals surface area contributed by atoms with Crippen molar-refractivity contribution in [2.45, 2.75) is 39.5 Å². The van der Waals surface area contributed by atoms with Gasteiger partial charge in [0.2, 0.25) is 5.91 Å². The third kappa shape index (κ3) is 5.41. The minimum absolute atomic E-state index is 0.0665. The fraction of sp³-hybridized carbons (Fsp3) is 0.368. The Morgan fingerprint density at radius 1 is 1.16 bits per heavy atom. The topological polar surface area (TPSA) is 55.4 Å². The van der Waals surface area contributed by atoms with Gasteiger partial charge in [0.05, 0.1) is 6.61 Å². The average molecular weight is 424 g/mol. The predicted octanol–water partition coefficient (Wildman–Crippen LogP) is 5.87. The van der Waals surface area contributed by atoms with Gasteiger partial charge >= 0.3 is 5.97 Å². The minimum Gasteiger partial charge on any atom is -0.462 e. The Morgan fingerprint density at radius 3 is 2.52 bits per heavy atom. The Bertz CT molecular complexity index is 725. The molecule has 0 saturated heterocycles. The van der Waals surface area contributed by atoms with Gasteiger partial charge in [-0.05, 0) is 31.0 Å². The summed E-state index contributed by atoms with van der Waals surface area (Å²) >= 11 is 4.76. The van der Waals surface area contributed by atoms with Crippen molar-refractivity contribution >= 4 is 44.1 Å². The van der Waals surface area contributed by atoms with Crippen LogP contribution in [-0.2, 0) is 9.53 Å². The number of hydrogen-bond acceptors (Lipinski definition) is 4. The van der Waals surface area contributed by atoms with Gasteiger partial charge in [0, 0.05) is 21.8 Å². The van der Waals surface area contributed by atoms with Crippen LogP contribution in [0, 0.1) is 0 Å². The molecule has 2 rings (SSSR count). The number of halogens is 1. The maximum Gasteiger partial charge on any atom is 0.341 e. The third-order valence-electron chi connectivity index (χ3n) is 3.69. The smallest absolute Gasteiger partial charge is 0.341 e. The van der Waals surface area contributed by atoms with Crippen molar-refractivity contribution in [3.8, 4) is 11.1 Å². The number of anilines is 1. The zero-order valence-corrected chi connectivity index (χ0v) is 16.8. The van der Waals surface area contributed by atoms with Crippen LogP contribution >= 0.6 is 27.3 Å². The molecule has 6 heteroatoms. The molecule has 1 heterocycles. The van der Waals surface area contributed by atoms with Crippen LogP contribution in [0.25, 0.3) is 11.1 Å². The second-order valence-corrected chi connectivity index (χ2v) is 7.38. The third-order valence-corrected chi connectivity index (χ3v) is 5.11. The van der Waals surface area contributed by atoms with E-state index in [4.69, 9.17) is 4.74 Å². The normalized spacial score (nSPS) is 10.5. The van der Waals surface area contributed by atoms with Gasteiger partial charge in [-0.15, -0.1) is 11.3 Å². The summed E-state index contributed by atoms with van der Waals surface area (Å²) < 4.78 is 6.17. The maximum atomic E-state index is 12.5. The van der Waals surface area contributed by atoms with Crippen LogP contribution in [0.15, 0.2) is 34.1 Å². The highest BCUT2D eigenvalue weighted by Gasteiger charge is 2.22. The van der Waals surface area contributed by atoms with Crippen LogP contribution in [-0.4, -0.2) is 18.5 Å². The van der Waals surface area contributed by atoms with E-state index in [0.29, 0.717) is 23.6 Å². The first-order valence-corrected chi connectivity index (χ1v) is 10.1. The number of carbonyl (C=O) groups excluding carboxylic acids is 2. The van der Waals surface area contributed by atoms with E-state index < -0.39 is 5.97 Å². The number of nitrogens with one attached hydrogen (secondary N) is 1. The molecular weight excluding hydrogens is 402 g/mol. The minimum atomic E-state index is -0.412. The van der Waals surface area contributed by atoms with E-state index >= 15 is 0 Å². The van der Waals surface area contributed by atoms with Crippen molar-refractivity contribution in [1.82, 2.24) is 0 Å². The number of amides is 1. The quantitative estimate of drug-likeness (QED) is 0.426. The molecule has 2 aromatic rings. The number of esters is 1. The molecule has 0 bridgehead atoms. The van der Waals surface area contributed by atoms with E-state index in [1.54, 1.807) is 6.92 Å². The lowest BCUT2D eigenvalue weighted by Gasteiger charge is -2.09. The van der Waals surface area contributed by atoms with Gasteiger partial charge in [0.1, 0.15) is 10.6 Å². The maximum absolute atomic E-state index is 12.5. The van der Waals surface area contributed by atoms with Crippen LogP contribution in [0.4, 0.5) is 5.00 Å². The molecule has 1 amide bonds. The molecule has 0 saturated carbocycles. The molecule has 0 spiro atoms. The SMILES string of the molecule is CCCCCC(=O)Nc1scc(-c2ccc(Br)cc2)c1C(=O)OCC. The van der Waals surface area contributed by atoms with E-state index in [1.807, 2.05) is 29.6 Å². The van der Waals surface area contributed by atoms with E-state index in [-0.39, 0.29) is 5.91 Å². The Hall–Kier alpha value is -1.66. The van der Waals surface area contributed by atoms with Crippen molar-refractivity contribution in [3.05, 3.63) is 39.7 Å². The van der Waals surface area contributed by atoms with Gasteiger partial charge in [-0.2, -0.15) is 0 Å². The number of hydrogen-bond donors (Lipinski definition) is 1. The molecule has 0 unspecified atom stereocenters. The monoisotopic (exact) mass is 423 g/mol. The number of thiophene rings is 1. The molecule has 0 radical (unpaired) electrons. The summed E-state index contributed by atoms with van der Waals surface area (Å²) in [6.07, 6.45) is 3.39. The number of ether oxygens (including phenoxy) is 1. The lowest BCUT2D eigenvalue weighted by Crippen LogP contribution is -2.14. The van der Waals surface area contributed by atoms with Crippen molar-refractivity contribution < 1.29 is 14.3 Å². The number of benzene rings is 1. The Morgan fingerprint density at radius 2 is 1.88 bits per heavy atom. The molecule has 0 atom stereocenters. The van der Waals surface area contributed by atoms with Crippen LogP contribution in [0.5, 0.6) is 0 Å². The summed E-state index contributed by atoms with van der Waals surface area (Å²) in [6, 6.07) is 7.71. The Kier molecular flexibility index (Phi) is 7.65. The van der Waals surface area contributed by atoms with Crippen molar-refractivity contribution in [1.29, 1.82) is 0 Å². The molecule has 1 aromatic carbocycles. The predicted molar refractivity (Wildman–Crippen MR) is 106 cm³/mol. The van der Waals surface area contributed by atoms with E-state index in [2.05, 4.69) is 28.2 Å². The van der Waals surface area contributed by atoms with Crippen molar-refractivity contribution in [3.63, 3.8) is 0 Å². The lowest BCUT2D eigenvalue weighted by molar-refractivity contribution is -0.116. The van der Waals surface area contributed by atoms with Crippen LogP contribution < -0.4 is 5.32 Å². The van der Waals surface area contributed by atoms with Crippen LogP contribution in [0.3, 0.4) is 0 Å². The van der Waals surface area contributed by atoms with E-state index in [1.165, 1.54) is 11.3 Å². The molecule has 1 aromatic heterocycles. The zero-order chi connectivity index (χ0) is 18.2. The first kappa shape index (κ1) is 19.7. The van der Waals surface area contributed by atoms with Crippen LogP contribution in [0.2, 0.25) is 0 Å². The van der Waals surface area contributed by atoms with Crippen molar-refractivity contribution in [2.24, 2.45) is 0 Å². The number of unbranched alkanes of at least 4 members (excludes halogenated alkanes) is 2. The second kappa shape index (κ2) is 9.73. The number of carbonyl (C=O) groups is 2. The summed E-state index contributed by atoms with van der Waals surface area (Å²) in [7, 11) is 0. The van der Waals surface area contributed by atoms with Gasteiger partial charge in [-0.25, -0.2) is 4.79 Å². The molecule has 25 heavy (non-hydrogen) atoms. The molecule has 4 nitrogen and oxygen atoms in total. The largest absolute Gasteiger partial charge is 0.462 e. The zero-order valence-electron chi connectivity index (χ0n) is 14.4. The van der Waals surface area contributed by atoms with Gasteiger partial charge in [-0.1, -0.05) is 47.8 Å². The lowest BCUT2D eigenvalue weighted by atomic mass is 10.0. The van der Waals surface area contributed by atoms with E-state index in [9.17, 15) is 9.59 Å². The molecule has 134 valence electrons. The van der Waals surface area contributed by atoms with Gasteiger partial charge in [0.25, 0.3) is 0 Å². The van der Waals surface area contributed by atoms with Gasteiger partial charge in [-0.3, -0.25) is 4.79 Å². The highest BCUT2D eigenvalue weighted by atomic mass is 79.9. The summed E-state index contributed by atoms with van der Waals surface area (Å²) in [4.78, 5) is 24.6. The summed E-state index contributed by atoms with van der Waals surface area (Å²) in [5.41, 5.74) is 2.12. The van der Waals surface area contributed by atoms with Crippen LogP contribution in [0.1, 0.15) is 49.9 Å². The molecular formula is C19H22BrNO3S. The molecule has 0 fully saturated rings. The van der Waals surface area contributed by atoms with Crippen molar-refractivity contribution in [2.75, 3.05) is 11.9 Å². The average Bonchev–Trinajstić information content (AvgIpc) is 2.99. The molecule has 0 aliphatic carbocycles. The molecule has 0 aliphatic heterocycles. The highest BCUT2D eigenvalue weighted by molar-refractivity contribution is 9.10. The van der Waals surface area contributed by atoms with Gasteiger partial charge in [0.15, 0.2) is 0 Å². The summed E-state index contributed by atoms with van der Waals surface area (Å²) in [6.45, 7) is 4.16. The Labute approximate surface area is 160 Å². The first-order chi connectivity index (χ1) is 12.1. The summed E-state index contributed by atoms with van der Waals surface area (Å²) in [5.74, 6) is -0.478. The summed E-state index contributed by atoms with van der Waals surface area (Å²) in [5, 5.41) is 5.32.